The van der Waals surface area contributed by atoms with Gasteiger partial charge < -0.3 is 19.5 Å². The number of hydrogen-bond donors (Lipinski definition) is 1. The third-order valence-corrected chi connectivity index (χ3v) is 6.89. The fourth-order valence-electron chi connectivity index (χ4n) is 5.14. The van der Waals surface area contributed by atoms with Gasteiger partial charge in [-0.25, -0.2) is 4.98 Å². The summed E-state index contributed by atoms with van der Waals surface area (Å²) in [7, 11) is 0. The number of rotatable bonds is 5. The summed E-state index contributed by atoms with van der Waals surface area (Å²) >= 11 is 0. The number of carboxylic acid groups (broad SMARTS) is 1. The van der Waals surface area contributed by atoms with E-state index in [0.717, 1.165) is 12.5 Å². The molecule has 0 amide bonds. The van der Waals surface area contributed by atoms with E-state index < -0.39 is 23.4 Å². The van der Waals surface area contributed by atoms with Gasteiger partial charge in [0.1, 0.15) is 5.82 Å². The largest absolute Gasteiger partial charge is 0.481 e. The highest BCUT2D eigenvalue weighted by molar-refractivity contribution is 5.68. The van der Waals surface area contributed by atoms with Crippen LogP contribution in [0.15, 0.2) is 30.6 Å². The van der Waals surface area contributed by atoms with Crippen molar-refractivity contribution in [3.8, 4) is 0 Å². The smallest absolute Gasteiger partial charge is 0.433 e. The summed E-state index contributed by atoms with van der Waals surface area (Å²) in [5, 5.41) is 9.28. The van der Waals surface area contributed by atoms with Crippen molar-refractivity contribution in [2.24, 2.45) is 11.8 Å². The van der Waals surface area contributed by atoms with Gasteiger partial charge in [-0.3, -0.25) is 4.79 Å². The van der Waals surface area contributed by atoms with E-state index in [4.69, 9.17) is 0 Å². The maximum atomic E-state index is 13.5. The lowest BCUT2D eigenvalue weighted by molar-refractivity contribution is -0.141. The van der Waals surface area contributed by atoms with Crippen LogP contribution < -0.4 is 9.80 Å². The molecule has 3 aliphatic rings. The highest BCUT2D eigenvalue weighted by Crippen LogP contribution is 2.63. The normalized spacial score (nSPS) is 30.2. The molecule has 2 aliphatic heterocycles. The van der Waals surface area contributed by atoms with Crippen molar-refractivity contribution in [3.05, 3.63) is 36.3 Å². The fourth-order valence-corrected chi connectivity index (χ4v) is 5.14. The van der Waals surface area contributed by atoms with Gasteiger partial charge in [-0.2, -0.15) is 18.2 Å². The molecule has 3 fully saturated rings. The van der Waals surface area contributed by atoms with Crippen LogP contribution in [-0.2, 0) is 16.5 Å². The Balaban J connectivity index is 1.48. The Morgan fingerprint density at radius 2 is 2.03 bits per heavy atom. The molecule has 4 heterocycles. The molecule has 2 aromatic heterocycles. The van der Waals surface area contributed by atoms with Crippen LogP contribution in [0, 0.1) is 11.8 Å². The lowest BCUT2D eigenvalue weighted by atomic mass is 10.1. The molecule has 2 saturated heterocycles. The summed E-state index contributed by atoms with van der Waals surface area (Å²) in [5.74, 6) is -0.493. The molecule has 0 aromatic carbocycles. The average molecular weight is 421 g/mol. The number of fused-ring (bicyclic) bond motifs is 1. The summed E-state index contributed by atoms with van der Waals surface area (Å²) < 4.78 is 42.5. The number of piperidine rings is 1. The van der Waals surface area contributed by atoms with Gasteiger partial charge in [0.05, 0.1) is 12.0 Å². The van der Waals surface area contributed by atoms with Crippen LogP contribution in [0.2, 0.25) is 0 Å². The SMILES string of the molecule is C[C@H]1CCN1c1nc(N2CC3C(CC(=O)O)C3(n3cccc3)C2)cc(C(F)(F)F)n1. The lowest BCUT2D eigenvalue weighted by Gasteiger charge is -2.39. The van der Waals surface area contributed by atoms with Gasteiger partial charge in [0, 0.05) is 56.0 Å². The fraction of sp³-hybridized carbons (Fsp3) is 0.550. The highest BCUT2D eigenvalue weighted by atomic mass is 19.4. The first-order valence-electron chi connectivity index (χ1n) is 10.0. The number of carbonyl (C=O) groups is 1. The van der Waals surface area contributed by atoms with E-state index in [9.17, 15) is 23.1 Å². The number of hydrogen-bond acceptors (Lipinski definition) is 5. The minimum absolute atomic E-state index is 0.0440. The third-order valence-electron chi connectivity index (χ3n) is 6.89. The zero-order valence-electron chi connectivity index (χ0n) is 16.4. The Morgan fingerprint density at radius 1 is 1.30 bits per heavy atom. The van der Waals surface area contributed by atoms with Crippen molar-refractivity contribution in [3.63, 3.8) is 0 Å². The average Bonchev–Trinajstić information content (AvgIpc) is 3.09. The minimum atomic E-state index is -4.56. The second kappa shape index (κ2) is 6.36. The van der Waals surface area contributed by atoms with E-state index in [0.29, 0.717) is 19.6 Å². The molecule has 1 saturated carbocycles. The van der Waals surface area contributed by atoms with Crippen molar-refractivity contribution in [1.29, 1.82) is 0 Å². The second-order valence-electron chi connectivity index (χ2n) is 8.51. The van der Waals surface area contributed by atoms with Crippen molar-refractivity contribution < 1.29 is 23.1 Å². The Hall–Kier alpha value is -2.78. The van der Waals surface area contributed by atoms with Crippen LogP contribution >= 0.6 is 0 Å². The number of anilines is 2. The van der Waals surface area contributed by atoms with E-state index in [-0.39, 0.29) is 36.1 Å². The number of aliphatic carboxylic acids is 1. The van der Waals surface area contributed by atoms with Gasteiger partial charge in [-0.1, -0.05) is 0 Å². The first-order valence-corrected chi connectivity index (χ1v) is 10.0. The summed E-state index contributed by atoms with van der Waals surface area (Å²) in [5.41, 5.74) is -1.37. The monoisotopic (exact) mass is 421 g/mol. The summed E-state index contributed by atoms with van der Waals surface area (Å²) in [6, 6.07) is 4.87. The number of nitrogens with zero attached hydrogens (tertiary/aromatic N) is 5. The van der Waals surface area contributed by atoms with Gasteiger partial charge in [-0.15, -0.1) is 0 Å². The maximum Gasteiger partial charge on any atom is 0.433 e. The van der Waals surface area contributed by atoms with Gasteiger partial charge in [0.25, 0.3) is 0 Å². The molecule has 7 nitrogen and oxygen atoms in total. The second-order valence-corrected chi connectivity index (χ2v) is 8.51. The first-order chi connectivity index (χ1) is 14.2. The Labute approximate surface area is 171 Å². The van der Waals surface area contributed by atoms with E-state index in [1.165, 1.54) is 0 Å². The van der Waals surface area contributed by atoms with Crippen LogP contribution in [-0.4, -0.2) is 51.3 Å². The quantitative estimate of drug-likeness (QED) is 0.800. The molecule has 4 atom stereocenters. The van der Waals surface area contributed by atoms with Crippen LogP contribution in [0.3, 0.4) is 0 Å². The number of carboxylic acids is 1. The standard InChI is InChI=1S/C20H22F3N5O2/c1-12-4-7-28(12)18-24-15(20(21,22)23)9-16(25-18)26-10-14-13(8-17(29)30)19(14,11-26)27-5-2-3-6-27/h2-3,5-6,9,12-14H,4,7-8,10-11H2,1H3,(H,29,30)/t12-,13?,14?,19?/m0/s1. The van der Waals surface area contributed by atoms with Gasteiger partial charge in [-0.05, 0) is 25.5 Å². The van der Waals surface area contributed by atoms with Crippen LogP contribution in [0.4, 0.5) is 24.9 Å². The molecule has 3 unspecified atom stereocenters. The van der Waals surface area contributed by atoms with Crippen molar-refractivity contribution in [1.82, 2.24) is 14.5 Å². The van der Waals surface area contributed by atoms with Crippen molar-refractivity contribution in [2.45, 2.75) is 37.5 Å². The van der Waals surface area contributed by atoms with Crippen LogP contribution in [0.1, 0.15) is 25.5 Å². The third kappa shape index (κ3) is 2.84. The number of halogens is 3. The minimum Gasteiger partial charge on any atom is -0.481 e. The van der Waals surface area contributed by atoms with Crippen molar-refractivity contribution in [2.75, 3.05) is 29.4 Å². The number of aromatic nitrogens is 3. The predicted molar refractivity (Wildman–Crippen MR) is 102 cm³/mol. The van der Waals surface area contributed by atoms with E-state index >= 15 is 0 Å². The molecule has 1 N–H and O–H groups in total. The zero-order valence-corrected chi connectivity index (χ0v) is 16.4. The molecule has 1 aliphatic carbocycles. The van der Waals surface area contributed by atoms with E-state index in [2.05, 4.69) is 9.97 Å². The van der Waals surface area contributed by atoms with Gasteiger partial charge in [0.15, 0.2) is 5.69 Å². The molecule has 30 heavy (non-hydrogen) atoms. The molecular weight excluding hydrogens is 399 g/mol. The van der Waals surface area contributed by atoms with E-state index in [1.807, 2.05) is 40.9 Å². The number of alkyl halides is 3. The molecule has 0 spiro atoms. The summed E-state index contributed by atoms with van der Waals surface area (Å²) in [6.07, 6.45) is 0.172. The maximum absolute atomic E-state index is 13.5. The molecule has 0 radical (unpaired) electrons. The van der Waals surface area contributed by atoms with Gasteiger partial charge >= 0.3 is 12.1 Å². The van der Waals surface area contributed by atoms with Crippen LogP contribution in [0.5, 0.6) is 0 Å². The predicted octanol–water partition coefficient (Wildman–Crippen LogP) is 2.83. The van der Waals surface area contributed by atoms with Crippen LogP contribution in [0.25, 0.3) is 0 Å². The Bertz CT molecular complexity index is 979. The molecular formula is C20H22F3N5O2. The Morgan fingerprint density at radius 3 is 2.60 bits per heavy atom. The summed E-state index contributed by atoms with van der Waals surface area (Å²) in [4.78, 5) is 23.2. The van der Waals surface area contributed by atoms with Crippen molar-refractivity contribution >= 4 is 17.7 Å². The molecule has 10 heteroatoms. The lowest BCUT2D eigenvalue weighted by Crippen LogP contribution is -2.47. The molecule has 0 bridgehead atoms. The molecule has 160 valence electrons. The Kier molecular flexibility index (Phi) is 4.07. The van der Waals surface area contributed by atoms with E-state index in [1.54, 1.807) is 4.90 Å². The first kappa shape index (κ1) is 19.2. The zero-order chi connectivity index (χ0) is 21.3. The highest BCUT2D eigenvalue weighted by Gasteiger charge is 2.70. The molecule has 5 rings (SSSR count). The topological polar surface area (TPSA) is 74.5 Å². The molecule has 2 aromatic rings. The van der Waals surface area contributed by atoms with Gasteiger partial charge in [0.2, 0.25) is 5.95 Å². The summed E-state index contributed by atoms with van der Waals surface area (Å²) in [6.45, 7) is 3.47.